The minimum absolute atomic E-state index is 0.284. The zero-order valence-electron chi connectivity index (χ0n) is 4.58. The molecule has 0 bridgehead atoms. The summed E-state index contributed by atoms with van der Waals surface area (Å²) in [7, 11) is 0. The second kappa shape index (κ2) is 2.70. The van der Waals surface area contributed by atoms with Gasteiger partial charge in [0.1, 0.15) is 0 Å². The second-order valence-corrected chi connectivity index (χ2v) is 1.79. The molecular formula is C4H5ClN4. The Hall–Kier alpha value is -0.740. The molecule has 48 valence electrons. The Bertz CT molecular complexity index is 184. The van der Waals surface area contributed by atoms with E-state index < -0.39 is 0 Å². The minimum Gasteiger partial charge on any atom is -0.324 e. The zero-order valence-corrected chi connectivity index (χ0v) is 5.34. The topological polar surface area (TPSA) is 64.7 Å². The molecule has 5 heteroatoms. The van der Waals surface area contributed by atoms with E-state index in [2.05, 4.69) is 15.2 Å². The van der Waals surface area contributed by atoms with Crippen molar-refractivity contribution in [1.29, 1.82) is 0 Å². The molecule has 0 aliphatic carbocycles. The molecular weight excluding hydrogens is 140 g/mol. The molecule has 9 heavy (non-hydrogen) atoms. The Morgan fingerprint density at radius 2 is 2.33 bits per heavy atom. The van der Waals surface area contributed by atoms with Crippen LogP contribution in [0.3, 0.4) is 0 Å². The normalized spacial score (nSPS) is 9.56. The molecule has 0 fully saturated rings. The van der Waals surface area contributed by atoms with E-state index in [-0.39, 0.29) is 5.15 Å². The monoisotopic (exact) mass is 144 g/mol. The van der Waals surface area contributed by atoms with E-state index in [1.54, 1.807) is 0 Å². The third kappa shape index (κ3) is 1.58. The van der Waals surface area contributed by atoms with E-state index in [0.717, 1.165) is 0 Å². The van der Waals surface area contributed by atoms with Crippen LogP contribution in [0, 0.1) is 0 Å². The molecule has 0 spiro atoms. The fourth-order valence-corrected chi connectivity index (χ4v) is 0.465. The van der Waals surface area contributed by atoms with Gasteiger partial charge in [-0.1, -0.05) is 11.6 Å². The first kappa shape index (κ1) is 6.38. The summed E-state index contributed by atoms with van der Waals surface area (Å²) in [6.45, 7) is 0.296. The number of nitrogens with two attached hydrogens (primary N) is 1. The van der Waals surface area contributed by atoms with Gasteiger partial charge in [0.05, 0.1) is 12.7 Å². The summed E-state index contributed by atoms with van der Waals surface area (Å²) >= 11 is 5.39. The van der Waals surface area contributed by atoms with Gasteiger partial charge in [-0.25, -0.2) is 4.98 Å². The lowest BCUT2D eigenvalue weighted by atomic mass is 10.6. The third-order valence-electron chi connectivity index (χ3n) is 0.764. The SMILES string of the molecule is NCc1ncc(Cl)nn1. The van der Waals surface area contributed by atoms with Crippen LogP contribution >= 0.6 is 11.6 Å². The molecule has 0 amide bonds. The summed E-state index contributed by atoms with van der Waals surface area (Å²) in [5.41, 5.74) is 5.19. The molecule has 0 aliphatic rings. The van der Waals surface area contributed by atoms with Crippen molar-refractivity contribution in [1.82, 2.24) is 15.2 Å². The Kier molecular flexibility index (Phi) is 1.92. The lowest BCUT2D eigenvalue weighted by Crippen LogP contribution is -2.03. The Morgan fingerprint density at radius 1 is 1.56 bits per heavy atom. The van der Waals surface area contributed by atoms with Gasteiger partial charge in [0.25, 0.3) is 0 Å². The highest BCUT2D eigenvalue weighted by Crippen LogP contribution is 1.96. The van der Waals surface area contributed by atoms with Crippen molar-refractivity contribution in [3.05, 3.63) is 17.2 Å². The molecule has 0 unspecified atom stereocenters. The summed E-state index contributed by atoms with van der Waals surface area (Å²) in [6.07, 6.45) is 1.41. The fraction of sp³-hybridized carbons (Fsp3) is 0.250. The van der Waals surface area contributed by atoms with E-state index >= 15 is 0 Å². The van der Waals surface area contributed by atoms with Gasteiger partial charge in [-0.05, 0) is 0 Å². The smallest absolute Gasteiger partial charge is 0.169 e. The maximum atomic E-state index is 5.39. The molecule has 0 atom stereocenters. The number of nitrogens with zero attached hydrogens (tertiary/aromatic N) is 3. The van der Waals surface area contributed by atoms with Crippen molar-refractivity contribution in [2.75, 3.05) is 0 Å². The first-order valence-electron chi connectivity index (χ1n) is 2.37. The average molecular weight is 145 g/mol. The number of hydrogen-bond donors (Lipinski definition) is 1. The number of aromatic nitrogens is 3. The van der Waals surface area contributed by atoms with Crippen LogP contribution in [0.15, 0.2) is 6.20 Å². The predicted octanol–water partition coefficient (Wildman–Crippen LogP) is -0.0163. The van der Waals surface area contributed by atoms with Gasteiger partial charge in [0.2, 0.25) is 0 Å². The predicted molar refractivity (Wildman–Crippen MR) is 32.7 cm³/mol. The van der Waals surface area contributed by atoms with E-state index in [0.29, 0.717) is 12.4 Å². The lowest BCUT2D eigenvalue weighted by molar-refractivity contribution is 0.831. The molecule has 0 aromatic carbocycles. The summed E-state index contributed by atoms with van der Waals surface area (Å²) in [5, 5.41) is 7.39. The highest BCUT2D eigenvalue weighted by Gasteiger charge is 1.91. The number of halogens is 1. The number of rotatable bonds is 1. The van der Waals surface area contributed by atoms with Crippen molar-refractivity contribution < 1.29 is 0 Å². The van der Waals surface area contributed by atoms with Crippen LogP contribution in [0.1, 0.15) is 5.82 Å². The van der Waals surface area contributed by atoms with Crippen molar-refractivity contribution in [2.45, 2.75) is 6.54 Å². The first-order valence-corrected chi connectivity index (χ1v) is 2.75. The van der Waals surface area contributed by atoms with Crippen molar-refractivity contribution >= 4 is 11.6 Å². The lowest BCUT2D eigenvalue weighted by Gasteiger charge is -1.89. The largest absolute Gasteiger partial charge is 0.324 e. The molecule has 4 nitrogen and oxygen atoms in total. The third-order valence-corrected chi connectivity index (χ3v) is 0.937. The van der Waals surface area contributed by atoms with Crippen LogP contribution in [0.25, 0.3) is 0 Å². The van der Waals surface area contributed by atoms with Gasteiger partial charge in [-0.3, -0.25) is 0 Å². The Morgan fingerprint density at radius 3 is 2.78 bits per heavy atom. The fourth-order valence-electron chi connectivity index (χ4n) is 0.378. The number of hydrogen-bond acceptors (Lipinski definition) is 4. The molecule has 0 saturated carbocycles. The summed E-state index contributed by atoms with van der Waals surface area (Å²) < 4.78 is 0. The van der Waals surface area contributed by atoms with Gasteiger partial charge in [0, 0.05) is 0 Å². The summed E-state index contributed by atoms with van der Waals surface area (Å²) in [4.78, 5) is 3.77. The van der Waals surface area contributed by atoms with E-state index in [1.165, 1.54) is 6.20 Å². The molecule has 2 N–H and O–H groups in total. The quantitative estimate of drug-likeness (QED) is 0.602. The summed E-state index contributed by atoms with van der Waals surface area (Å²) in [6, 6.07) is 0. The highest BCUT2D eigenvalue weighted by molar-refractivity contribution is 6.29. The van der Waals surface area contributed by atoms with Crippen LogP contribution in [0.2, 0.25) is 5.15 Å². The van der Waals surface area contributed by atoms with Crippen LogP contribution < -0.4 is 5.73 Å². The maximum absolute atomic E-state index is 5.39. The van der Waals surface area contributed by atoms with Crippen LogP contribution in [-0.2, 0) is 6.54 Å². The minimum atomic E-state index is 0.284. The van der Waals surface area contributed by atoms with Gasteiger partial charge in [0.15, 0.2) is 11.0 Å². The molecule has 1 rings (SSSR count). The average Bonchev–Trinajstić information content (AvgIpc) is 1.90. The summed E-state index contributed by atoms with van der Waals surface area (Å²) in [5.74, 6) is 0.499. The van der Waals surface area contributed by atoms with E-state index in [9.17, 15) is 0 Å². The van der Waals surface area contributed by atoms with Crippen molar-refractivity contribution in [3.8, 4) is 0 Å². The molecule has 0 radical (unpaired) electrons. The molecule has 1 aromatic heterocycles. The Balaban J connectivity index is 2.88. The second-order valence-electron chi connectivity index (χ2n) is 1.40. The maximum Gasteiger partial charge on any atom is 0.169 e. The van der Waals surface area contributed by atoms with E-state index in [1.807, 2.05) is 0 Å². The van der Waals surface area contributed by atoms with Crippen LogP contribution in [0.5, 0.6) is 0 Å². The molecule has 0 saturated heterocycles. The molecule has 0 aliphatic heterocycles. The van der Waals surface area contributed by atoms with Crippen LogP contribution in [-0.4, -0.2) is 15.2 Å². The van der Waals surface area contributed by atoms with Gasteiger partial charge < -0.3 is 5.73 Å². The zero-order chi connectivity index (χ0) is 6.69. The van der Waals surface area contributed by atoms with Crippen molar-refractivity contribution in [2.24, 2.45) is 5.73 Å². The molecule has 1 aromatic rings. The van der Waals surface area contributed by atoms with E-state index in [4.69, 9.17) is 17.3 Å². The Labute approximate surface area is 57.1 Å². The van der Waals surface area contributed by atoms with Gasteiger partial charge in [-0.15, -0.1) is 10.2 Å². The highest BCUT2D eigenvalue weighted by atomic mass is 35.5. The van der Waals surface area contributed by atoms with Gasteiger partial charge in [-0.2, -0.15) is 0 Å². The molecule has 1 heterocycles. The van der Waals surface area contributed by atoms with Crippen LogP contribution in [0.4, 0.5) is 0 Å². The van der Waals surface area contributed by atoms with Gasteiger partial charge >= 0.3 is 0 Å². The van der Waals surface area contributed by atoms with Crippen molar-refractivity contribution in [3.63, 3.8) is 0 Å². The first-order chi connectivity index (χ1) is 4.33. The standard InChI is InChI=1S/C4H5ClN4/c5-3-2-7-4(1-6)9-8-3/h2H,1,6H2.